The van der Waals surface area contributed by atoms with E-state index in [4.69, 9.17) is 14.5 Å². The topological polar surface area (TPSA) is 87.1 Å². The van der Waals surface area contributed by atoms with E-state index in [1.54, 1.807) is 6.20 Å². The van der Waals surface area contributed by atoms with Crippen molar-refractivity contribution in [2.45, 2.75) is 44.8 Å². The molecule has 4 heterocycles. The minimum absolute atomic E-state index is 0.128. The fraction of sp³-hybridized carbons (Fsp3) is 0.393. The molecule has 3 aromatic heterocycles. The first kappa shape index (κ1) is 22.0. The van der Waals surface area contributed by atoms with Crippen LogP contribution in [0.2, 0.25) is 0 Å². The lowest BCUT2D eigenvalue weighted by Crippen LogP contribution is -2.35. The van der Waals surface area contributed by atoms with Crippen molar-refractivity contribution in [3.05, 3.63) is 54.0 Å². The molecule has 0 bridgehead atoms. The van der Waals surface area contributed by atoms with Crippen LogP contribution in [0.4, 0.5) is 0 Å². The van der Waals surface area contributed by atoms with Gasteiger partial charge >= 0.3 is 0 Å². The highest BCUT2D eigenvalue weighted by molar-refractivity contribution is 6.10. The summed E-state index contributed by atoms with van der Waals surface area (Å²) in [6.45, 7) is 4.52. The van der Waals surface area contributed by atoms with Crippen LogP contribution in [0.5, 0.6) is 5.75 Å². The molecule has 2 fully saturated rings. The number of nitrogens with zero attached hydrogens (tertiary/aromatic N) is 4. The number of hydrogen-bond acceptors (Lipinski definition) is 6. The highest BCUT2D eigenvalue weighted by atomic mass is 16.5. The number of aromatic nitrogens is 3. The summed E-state index contributed by atoms with van der Waals surface area (Å²) in [6.07, 6.45) is 9.35. The van der Waals surface area contributed by atoms with Gasteiger partial charge in [-0.1, -0.05) is 30.7 Å². The Morgan fingerprint density at radius 3 is 2.60 bits per heavy atom. The number of fused-ring (bicyclic) bond motifs is 3. The predicted octanol–water partition coefficient (Wildman–Crippen LogP) is 5.19. The zero-order chi connectivity index (χ0) is 23.6. The van der Waals surface area contributed by atoms with E-state index in [0.717, 1.165) is 91.6 Å². The molecule has 1 saturated carbocycles. The van der Waals surface area contributed by atoms with Gasteiger partial charge in [-0.2, -0.15) is 5.26 Å². The van der Waals surface area contributed by atoms with Crippen LogP contribution in [0, 0.1) is 11.3 Å². The normalized spacial score (nSPS) is 17.6. The highest BCUT2D eigenvalue weighted by Gasteiger charge is 2.22. The van der Waals surface area contributed by atoms with Crippen LogP contribution in [0.25, 0.3) is 33.1 Å². The van der Waals surface area contributed by atoms with Gasteiger partial charge in [-0.3, -0.25) is 4.90 Å². The molecule has 1 N–H and O–H groups in total. The fourth-order valence-electron chi connectivity index (χ4n) is 5.26. The Kier molecular flexibility index (Phi) is 6.07. The van der Waals surface area contributed by atoms with Crippen LogP contribution in [-0.2, 0) is 11.3 Å². The number of pyridine rings is 2. The number of ether oxygens (including phenoxy) is 2. The maximum atomic E-state index is 9.76. The average Bonchev–Trinajstić information content (AvgIpc) is 3.29. The average molecular weight is 468 g/mol. The minimum atomic E-state index is 0.128. The SMILES string of the molecule is N#Cc1ncc2[nH]c3ncc(-c4ccc(CN5CCOCC5)cc4)cc3c2c1OC1CCCCC1. The molecule has 1 aliphatic heterocycles. The first-order chi connectivity index (χ1) is 17.3. The Hall–Kier alpha value is -3.47. The second-order valence-electron chi connectivity index (χ2n) is 9.54. The van der Waals surface area contributed by atoms with Gasteiger partial charge in [-0.15, -0.1) is 0 Å². The maximum Gasteiger partial charge on any atom is 0.183 e. The highest BCUT2D eigenvalue weighted by Crippen LogP contribution is 2.37. The summed E-state index contributed by atoms with van der Waals surface area (Å²) in [7, 11) is 0. The Morgan fingerprint density at radius 1 is 1.03 bits per heavy atom. The number of morpholine rings is 1. The van der Waals surface area contributed by atoms with Crippen LogP contribution >= 0.6 is 0 Å². The van der Waals surface area contributed by atoms with Gasteiger partial charge in [0.25, 0.3) is 0 Å². The number of aromatic amines is 1. The molecule has 1 saturated heterocycles. The predicted molar refractivity (Wildman–Crippen MR) is 135 cm³/mol. The number of hydrogen-bond donors (Lipinski definition) is 1. The fourth-order valence-corrected chi connectivity index (χ4v) is 5.26. The lowest BCUT2D eigenvalue weighted by Gasteiger charge is -2.26. The summed E-state index contributed by atoms with van der Waals surface area (Å²) in [5.41, 5.74) is 5.40. The van der Waals surface area contributed by atoms with Crippen molar-refractivity contribution in [1.82, 2.24) is 19.9 Å². The van der Waals surface area contributed by atoms with Crippen molar-refractivity contribution in [3.63, 3.8) is 0 Å². The molecule has 6 rings (SSSR count). The summed E-state index contributed by atoms with van der Waals surface area (Å²) >= 11 is 0. The summed E-state index contributed by atoms with van der Waals surface area (Å²) in [5.74, 6) is 0.586. The van der Waals surface area contributed by atoms with E-state index in [0.29, 0.717) is 11.4 Å². The van der Waals surface area contributed by atoms with Gasteiger partial charge < -0.3 is 14.5 Å². The molecule has 0 radical (unpaired) electrons. The van der Waals surface area contributed by atoms with Gasteiger partial charge in [0, 0.05) is 36.8 Å². The molecule has 1 aromatic carbocycles. The van der Waals surface area contributed by atoms with Crippen molar-refractivity contribution in [2.75, 3.05) is 26.3 Å². The number of benzene rings is 1. The first-order valence-electron chi connectivity index (χ1n) is 12.5. The largest absolute Gasteiger partial charge is 0.487 e. The van der Waals surface area contributed by atoms with Crippen molar-refractivity contribution >= 4 is 21.9 Å². The second kappa shape index (κ2) is 9.65. The maximum absolute atomic E-state index is 9.76. The summed E-state index contributed by atoms with van der Waals surface area (Å²) in [4.78, 5) is 14.9. The van der Waals surface area contributed by atoms with Gasteiger partial charge in [0.05, 0.1) is 36.4 Å². The van der Waals surface area contributed by atoms with E-state index in [2.05, 4.69) is 51.3 Å². The number of H-pyrrole nitrogens is 1. The van der Waals surface area contributed by atoms with Crippen LogP contribution in [0.15, 0.2) is 42.7 Å². The molecule has 1 aliphatic carbocycles. The van der Waals surface area contributed by atoms with Crippen molar-refractivity contribution < 1.29 is 9.47 Å². The van der Waals surface area contributed by atoms with Crippen molar-refractivity contribution in [1.29, 1.82) is 5.26 Å². The van der Waals surface area contributed by atoms with Crippen LogP contribution in [0.1, 0.15) is 43.4 Å². The molecule has 0 unspecified atom stereocenters. The zero-order valence-corrected chi connectivity index (χ0v) is 19.8. The van der Waals surface area contributed by atoms with E-state index in [9.17, 15) is 5.26 Å². The Labute approximate surface area is 204 Å². The third-order valence-corrected chi connectivity index (χ3v) is 7.18. The molecule has 7 heteroatoms. The Balaban J connectivity index is 1.35. The molecule has 4 aromatic rings. The lowest BCUT2D eigenvalue weighted by molar-refractivity contribution is 0.0342. The smallest absolute Gasteiger partial charge is 0.183 e. The molecular weight excluding hydrogens is 438 g/mol. The third kappa shape index (κ3) is 4.47. The molecular formula is C28H29N5O2. The number of rotatable bonds is 5. The van der Waals surface area contributed by atoms with Crippen molar-refractivity contribution in [2.24, 2.45) is 0 Å². The Bertz CT molecular complexity index is 1380. The van der Waals surface area contributed by atoms with E-state index < -0.39 is 0 Å². The van der Waals surface area contributed by atoms with Gasteiger partial charge in [0.15, 0.2) is 11.4 Å². The zero-order valence-electron chi connectivity index (χ0n) is 19.8. The quantitative estimate of drug-likeness (QED) is 0.434. The second-order valence-corrected chi connectivity index (χ2v) is 9.54. The van der Waals surface area contributed by atoms with Gasteiger partial charge in [0.2, 0.25) is 0 Å². The molecule has 0 atom stereocenters. The molecule has 0 spiro atoms. The minimum Gasteiger partial charge on any atom is -0.487 e. The van der Waals surface area contributed by atoms with E-state index in [1.165, 1.54) is 12.0 Å². The molecule has 7 nitrogen and oxygen atoms in total. The monoisotopic (exact) mass is 467 g/mol. The number of nitrogens with one attached hydrogen (secondary N) is 1. The molecule has 178 valence electrons. The molecule has 2 aliphatic rings. The van der Waals surface area contributed by atoms with Gasteiger partial charge in [-0.25, -0.2) is 9.97 Å². The Morgan fingerprint density at radius 2 is 1.83 bits per heavy atom. The number of nitriles is 1. The van der Waals surface area contributed by atoms with Crippen LogP contribution in [0.3, 0.4) is 0 Å². The van der Waals surface area contributed by atoms with Crippen molar-refractivity contribution in [3.8, 4) is 22.9 Å². The van der Waals surface area contributed by atoms with E-state index in [-0.39, 0.29) is 6.10 Å². The summed E-state index contributed by atoms with van der Waals surface area (Å²) in [5, 5.41) is 11.6. The molecule has 35 heavy (non-hydrogen) atoms. The molecule has 0 amide bonds. The van der Waals surface area contributed by atoms with E-state index in [1.807, 2.05) is 6.20 Å². The van der Waals surface area contributed by atoms with Crippen LogP contribution in [-0.4, -0.2) is 52.3 Å². The van der Waals surface area contributed by atoms with Gasteiger partial charge in [0.1, 0.15) is 11.7 Å². The first-order valence-corrected chi connectivity index (χ1v) is 12.5. The standard InChI is InChI=1S/C28H29N5O2/c29-15-24-27(35-22-4-2-1-3-5-22)26-23-14-21(16-31-28(23)32-25(26)17-30-24)20-8-6-19(7-9-20)18-33-10-12-34-13-11-33/h6-9,14,16-17,22H,1-5,10-13,18H2,(H,31,32). The van der Waals surface area contributed by atoms with Crippen LogP contribution < -0.4 is 4.74 Å². The summed E-state index contributed by atoms with van der Waals surface area (Å²) in [6, 6.07) is 13.1. The van der Waals surface area contributed by atoms with Gasteiger partial charge in [-0.05, 0) is 42.9 Å². The summed E-state index contributed by atoms with van der Waals surface area (Å²) < 4.78 is 11.9. The third-order valence-electron chi connectivity index (χ3n) is 7.18. The lowest BCUT2D eigenvalue weighted by atomic mass is 9.97. The van der Waals surface area contributed by atoms with E-state index >= 15 is 0 Å².